The molecular weight excluding hydrogens is 306 g/mol. The maximum absolute atomic E-state index is 11.8. The summed E-state index contributed by atoms with van der Waals surface area (Å²) in [6, 6.07) is 11.7. The van der Waals surface area contributed by atoms with Gasteiger partial charge in [0.25, 0.3) is 0 Å². The van der Waals surface area contributed by atoms with Gasteiger partial charge in [0.05, 0.1) is 13.2 Å². The Morgan fingerprint density at radius 2 is 2.08 bits per heavy atom. The average molecular weight is 331 g/mol. The molecule has 2 N–H and O–H groups in total. The maximum Gasteiger partial charge on any atom is 0.320 e. The van der Waals surface area contributed by atoms with Crippen LogP contribution in [0.4, 0.5) is 16.3 Å². The minimum Gasteiger partial charge on any atom is -0.383 e. The molecule has 24 heavy (non-hydrogen) atoms. The molecule has 0 saturated heterocycles. The Kier molecular flexibility index (Phi) is 7.10. The van der Waals surface area contributed by atoms with Gasteiger partial charge in [-0.25, -0.2) is 4.79 Å². The molecule has 7 heteroatoms. The standard InChI is InChI=1S/C17H25N5O2/c1-21(15-7-4-3-5-8-15)11-6-10-18-17(23)19-16-9-12-22(20-16)13-14-24-2/h3-5,7-9,12H,6,10-11,13-14H2,1-2H3,(H2,18,19,20,23). The van der Waals surface area contributed by atoms with Gasteiger partial charge in [-0.1, -0.05) is 18.2 Å². The van der Waals surface area contributed by atoms with E-state index in [2.05, 4.69) is 32.8 Å². The molecule has 0 saturated carbocycles. The number of anilines is 2. The Balaban J connectivity index is 1.63. The summed E-state index contributed by atoms with van der Waals surface area (Å²) in [5.41, 5.74) is 1.17. The number of carbonyl (C=O) groups is 1. The molecule has 0 aliphatic carbocycles. The van der Waals surface area contributed by atoms with E-state index < -0.39 is 0 Å². The number of carbonyl (C=O) groups excluding carboxylic acids is 1. The second-order valence-electron chi connectivity index (χ2n) is 5.45. The van der Waals surface area contributed by atoms with E-state index >= 15 is 0 Å². The largest absolute Gasteiger partial charge is 0.383 e. The highest BCUT2D eigenvalue weighted by molar-refractivity contribution is 5.88. The van der Waals surface area contributed by atoms with E-state index in [0.717, 1.165) is 13.0 Å². The van der Waals surface area contributed by atoms with Crippen LogP contribution < -0.4 is 15.5 Å². The van der Waals surface area contributed by atoms with Gasteiger partial charge in [-0.05, 0) is 18.6 Å². The lowest BCUT2D eigenvalue weighted by molar-refractivity contribution is 0.183. The molecule has 1 aromatic carbocycles. The smallest absolute Gasteiger partial charge is 0.320 e. The Bertz CT molecular complexity index is 614. The van der Waals surface area contributed by atoms with Crippen LogP contribution in [0.25, 0.3) is 0 Å². The Morgan fingerprint density at radius 3 is 2.83 bits per heavy atom. The van der Waals surface area contributed by atoms with Gasteiger partial charge in [0.1, 0.15) is 0 Å². The zero-order valence-corrected chi connectivity index (χ0v) is 14.2. The molecule has 0 aliphatic rings. The monoisotopic (exact) mass is 331 g/mol. The molecular formula is C17H25N5O2. The summed E-state index contributed by atoms with van der Waals surface area (Å²) in [6.07, 6.45) is 2.67. The first-order valence-electron chi connectivity index (χ1n) is 8.02. The van der Waals surface area contributed by atoms with E-state index in [9.17, 15) is 4.79 Å². The highest BCUT2D eigenvalue weighted by Gasteiger charge is 2.05. The van der Waals surface area contributed by atoms with Gasteiger partial charge in [-0.2, -0.15) is 5.10 Å². The van der Waals surface area contributed by atoms with Gasteiger partial charge < -0.3 is 15.0 Å². The van der Waals surface area contributed by atoms with E-state index in [1.165, 1.54) is 5.69 Å². The van der Waals surface area contributed by atoms with Crippen LogP contribution in [0.15, 0.2) is 42.6 Å². The maximum atomic E-state index is 11.8. The molecule has 0 aliphatic heterocycles. The third-order valence-corrected chi connectivity index (χ3v) is 3.56. The fourth-order valence-electron chi connectivity index (χ4n) is 2.23. The summed E-state index contributed by atoms with van der Waals surface area (Å²) >= 11 is 0. The van der Waals surface area contributed by atoms with Crippen molar-refractivity contribution >= 4 is 17.5 Å². The number of methoxy groups -OCH3 is 1. The highest BCUT2D eigenvalue weighted by Crippen LogP contribution is 2.10. The molecule has 2 rings (SSSR count). The van der Waals surface area contributed by atoms with Crippen LogP contribution in [0.3, 0.4) is 0 Å². The number of nitrogens with one attached hydrogen (secondary N) is 2. The van der Waals surface area contributed by atoms with Crippen LogP contribution in [0.1, 0.15) is 6.42 Å². The van der Waals surface area contributed by atoms with Crippen molar-refractivity contribution in [3.63, 3.8) is 0 Å². The number of rotatable bonds is 9. The highest BCUT2D eigenvalue weighted by atomic mass is 16.5. The molecule has 7 nitrogen and oxygen atoms in total. The van der Waals surface area contributed by atoms with Crippen molar-refractivity contribution in [3.8, 4) is 0 Å². The lowest BCUT2D eigenvalue weighted by Gasteiger charge is -2.19. The van der Waals surface area contributed by atoms with Crippen molar-refractivity contribution in [1.82, 2.24) is 15.1 Å². The van der Waals surface area contributed by atoms with E-state index in [0.29, 0.717) is 25.5 Å². The van der Waals surface area contributed by atoms with Crippen molar-refractivity contribution in [3.05, 3.63) is 42.6 Å². The second kappa shape index (κ2) is 9.57. The molecule has 0 atom stereocenters. The van der Waals surface area contributed by atoms with Crippen molar-refractivity contribution in [2.24, 2.45) is 0 Å². The zero-order chi connectivity index (χ0) is 17.2. The molecule has 130 valence electrons. The molecule has 0 spiro atoms. The van der Waals surface area contributed by atoms with Crippen LogP contribution in [0.2, 0.25) is 0 Å². The first kappa shape index (κ1) is 17.8. The topological polar surface area (TPSA) is 71.4 Å². The van der Waals surface area contributed by atoms with E-state index in [-0.39, 0.29) is 6.03 Å². The fraction of sp³-hybridized carbons (Fsp3) is 0.412. The van der Waals surface area contributed by atoms with Gasteiger partial charge in [-0.15, -0.1) is 0 Å². The molecule has 0 unspecified atom stereocenters. The van der Waals surface area contributed by atoms with Crippen molar-refractivity contribution in [2.75, 3.05) is 44.1 Å². The lowest BCUT2D eigenvalue weighted by Crippen LogP contribution is -2.31. The lowest BCUT2D eigenvalue weighted by atomic mass is 10.3. The number of aromatic nitrogens is 2. The molecule has 1 aromatic heterocycles. The number of hydrogen-bond acceptors (Lipinski definition) is 4. The predicted molar refractivity (Wildman–Crippen MR) is 95.5 cm³/mol. The molecule has 0 radical (unpaired) electrons. The number of amides is 2. The van der Waals surface area contributed by atoms with E-state index in [4.69, 9.17) is 4.74 Å². The van der Waals surface area contributed by atoms with Crippen LogP contribution in [-0.2, 0) is 11.3 Å². The molecule has 1 heterocycles. The molecule has 0 bridgehead atoms. The minimum absolute atomic E-state index is 0.241. The first-order chi connectivity index (χ1) is 11.7. The van der Waals surface area contributed by atoms with Crippen LogP contribution in [0.5, 0.6) is 0 Å². The summed E-state index contributed by atoms with van der Waals surface area (Å²) in [7, 11) is 3.69. The predicted octanol–water partition coefficient (Wildman–Crippen LogP) is 2.18. The van der Waals surface area contributed by atoms with Gasteiger partial charge in [0.15, 0.2) is 5.82 Å². The molecule has 2 aromatic rings. The first-order valence-corrected chi connectivity index (χ1v) is 8.02. The van der Waals surface area contributed by atoms with Crippen molar-refractivity contribution in [1.29, 1.82) is 0 Å². The Labute approximate surface area is 142 Å². The second-order valence-corrected chi connectivity index (χ2v) is 5.45. The minimum atomic E-state index is -0.241. The number of para-hydroxylation sites is 1. The Morgan fingerprint density at radius 1 is 1.29 bits per heavy atom. The van der Waals surface area contributed by atoms with E-state index in [1.54, 1.807) is 17.9 Å². The van der Waals surface area contributed by atoms with Gasteiger partial charge in [0.2, 0.25) is 0 Å². The number of nitrogens with zero attached hydrogens (tertiary/aromatic N) is 3. The van der Waals surface area contributed by atoms with Crippen molar-refractivity contribution < 1.29 is 9.53 Å². The average Bonchev–Trinajstić information content (AvgIpc) is 3.04. The fourth-order valence-corrected chi connectivity index (χ4v) is 2.23. The normalized spacial score (nSPS) is 10.4. The molecule has 0 fully saturated rings. The number of benzene rings is 1. The number of hydrogen-bond donors (Lipinski definition) is 2. The van der Waals surface area contributed by atoms with Gasteiger partial charge in [-0.3, -0.25) is 10.00 Å². The summed E-state index contributed by atoms with van der Waals surface area (Å²) in [5.74, 6) is 0.532. The quantitative estimate of drug-likeness (QED) is 0.691. The van der Waals surface area contributed by atoms with Crippen LogP contribution in [0, 0.1) is 0 Å². The third kappa shape index (κ3) is 5.92. The molecule has 2 amide bonds. The summed E-state index contributed by atoms with van der Waals surface area (Å²) in [6.45, 7) is 2.72. The van der Waals surface area contributed by atoms with Crippen LogP contribution in [-0.4, -0.2) is 49.7 Å². The summed E-state index contributed by atoms with van der Waals surface area (Å²) < 4.78 is 6.72. The van der Waals surface area contributed by atoms with Gasteiger partial charge in [0, 0.05) is 45.2 Å². The number of urea groups is 1. The SMILES string of the molecule is COCCn1ccc(NC(=O)NCCCN(C)c2ccccc2)n1. The third-order valence-electron chi connectivity index (χ3n) is 3.56. The summed E-state index contributed by atoms with van der Waals surface area (Å²) in [4.78, 5) is 14.0. The zero-order valence-electron chi connectivity index (χ0n) is 14.2. The summed E-state index contributed by atoms with van der Waals surface area (Å²) in [5, 5.41) is 9.80. The number of ether oxygens (including phenoxy) is 1. The Hall–Kier alpha value is -2.54. The van der Waals surface area contributed by atoms with Crippen molar-refractivity contribution in [2.45, 2.75) is 13.0 Å². The van der Waals surface area contributed by atoms with Crippen LogP contribution >= 0.6 is 0 Å². The van der Waals surface area contributed by atoms with Gasteiger partial charge >= 0.3 is 6.03 Å². The van der Waals surface area contributed by atoms with E-state index in [1.807, 2.05) is 31.4 Å².